The summed E-state index contributed by atoms with van der Waals surface area (Å²) in [6.07, 6.45) is 6.04. The molecular weight excluding hydrogens is 476 g/mol. The Labute approximate surface area is 212 Å². The number of rotatable bonds is 6. The summed E-state index contributed by atoms with van der Waals surface area (Å²) < 4.78 is 34.0. The van der Waals surface area contributed by atoms with Crippen molar-refractivity contribution in [3.8, 4) is 0 Å². The van der Waals surface area contributed by atoms with Gasteiger partial charge in [-0.1, -0.05) is 28.9 Å². The number of anilines is 1. The molecule has 0 aliphatic carbocycles. The van der Waals surface area contributed by atoms with E-state index in [0.717, 1.165) is 22.3 Å². The average Bonchev–Trinajstić information content (AvgIpc) is 3.19. The molecule has 0 saturated carbocycles. The summed E-state index contributed by atoms with van der Waals surface area (Å²) in [5.74, 6) is 0.288. The Morgan fingerprint density at radius 2 is 1.69 bits per heavy atom. The molecule has 190 valence electrons. The second-order valence-corrected chi connectivity index (χ2v) is 11.4. The van der Waals surface area contributed by atoms with Crippen molar-refractivity contribution in [3.05, 3.63) is 69.7 Å². The monoisotopic (exact) mass is 508 g/mol. The number of benzene rings is 1. The first-order valence-corrected chi connectivity index (χ1v) is 13.5. The summed E-state index contributed by atoms with van der Waals surface area (Å²) in [5, 5.41) is 6.79. The lowest BCUT2D eigenvalue weighted by molar-refractivity contribution is -0.120. The average molecular weight is 509 g/mol. The van der Waals surface area contributed by atoms with E-state index in [1.807, 2.05) is 39.8 Å². The molecule has 0 radical (unpaired) electrons. The zero-order valence-electron chi connectivity index (χ0n) is 21.3. The Morgan fingerprint density at radius 1 is 1.03 bits per heavy atom. The minimum Gasteiger partial charge on any atom is -0.355 e. The predicted octanol–water partition coefficient (Wildman–Crippen LogP) is 4.82. The van der Waals surface area contributed by atoms with Gasteiger partial charge in [0, 0.05) is 25.2 Å². The molecule has 1 saturated heterocycles. The van der Waals surface area contributed by atoms with E-state index >= 15 is 0 Å². The summed E-state index contributed by atoms with van der Waals surface area (Å²) in [5.41, 5.74) is 5.72. The van der Waals surface area contributed by atoms with Crippen LogP contribution in [0, 0.1) is 40.5 Å². The van der Waals surface area contributed by atoms with Crippen LogP contribution in [0.15, 0.2) is 39.9 Å². The molecular formula is C27H32N4O4S. The van der Waals surface area contributed by atoms with E-state index in [9.17, 15) is 13.2 Å². The molecule has 0 unspecified atom stereocenters. The molecule has 2 aromatic heterocycles. The summed E-state index contributed by atoms with van der Waals surface area (Å²) in [6, 6.07) is 7.84. The fourth-order valence-corrected chi connectivity index (χ4v) is 6.45. The maximum Gasteiger partial charge on any atom is 0.248 e. The largest absolute Gasteiger partial charge is 0.355 e. The second kappa shape index (κ2) is 10.4. The van der Waals surface area contributed by atoms with Crippen LogP contribution in [0.1, 0.15) is 52.1 Å². The third-order valence-electron chi connectivity index (χ3n) is 6.56. The minimum absolute atomic E-state index is 0.0769. The smallest absolute Gasteiger partial charge is 0.248 e. The highest BCUT2D eigenvalue weighted by Crippen LogP contribution is 2.30. The fraction of sp³-hybridized carbons (Fsp3) is 0.370. The maximum atomic E-state index is 13.6. The fourth-order valence-electron chi connectivity index (χ4n) is 4.73. The first kappa shape index (κ1) is 25.8. The van der Waals surface area contributed by atoms with Gasteiger partial charge in [0.2, 0.25) is 15.9 Å². The molecule has 9 heteroatoms. The van der Waals surface area contributed by atoms with E-state index in [2.05, 4.69) is 27.6 Å². The summed E-state index contributed by atoms with van der Waals surface area (Å²) in [4.78, 5) is 17.0. The molecule has 8 nitrogen and oxygen atoms in total. The van der Waals surface area contributed by atoms with Gasteiger partial charge in [0.05, 0.1) is 0 Å². The van der Waals surface area contributed by atoms with Crippen LogP contribution in [0.2, 0.25) is 0 Å². The third-order valence-corrected chi connectivity index (χ3v) is 8.62. The number of piperidine rings is 1. The van der Waals surface area contributed by atoms with Crippen LogP contribution in [-0.2, 0) is 14.8 Å². The van der Waals surface area contributed by atoms with Gasteiger partial charge in [-0.15, -0.1) is 0 Å². The lowest BCUT2D eigenvalue weighted by Crippen LogP contribution is -2.41. The van der Waals surface area contributed by atoms with Crippen molar-refractivity contribution in [1.29, 1.82) is 0 Å². The molecule has 3 heterocycles. The molecule has 4 rings (SSSR count). The van der Waals surface area contributed by atoms with Crippen molar-refractivity contribution >= 4 is 33.9 Å². The van der Waals surface area contributed by atoms with Crippen molar-refractivity contribution in [2.24, 2.45) is 5.92 Å². The van der Waals surface area contributed by atoms with E-state index in [0.29, 0.717) is 24.4 Å². The highest BCUT2D eigenvalue weighted by atomic mass is 32.2. The highest BCUT2D eigenvalue weighted by molar-refractivity contribution is 7.89. The van der Waals surface area contributed by atoms with Crippen molar-refractivity contribution in [3.63, 3.8) is 0 Å². The van der Waals surface area contributed by atoms with E-state index in [1.54, 1.807) is 25.3 Å². The van der Waals surface area contributed by atoms with Crippen LogP contribution in [0.25, 0.3) is 12.2 Å². The van der Waals surface area contributed by atoms with Gasteiger partial charge in [-0.3, -0.25) is 4.79 Å². The number of nitrogens with zero attached hydrogens (tertiary/aromatic N) is 3. The Morgan fingerprint density at radius 3 is 2.33 bits per heavy atom. The number of hydrogen-bond donors (Lipinski definition) is 1. The van der Waals surface area contributed by atoms with Crippen LogP contribution in [0.4, 0.5) is 5.82 Å². The standard InChI is InChI=1S/C27H32N4O4S/c1-17-8-11-28-25(16-17)29-27(32)22-9-12-31(13-10-22)36(33,34)26-21(5)30-35-24(26)7-6-23-19(3)14-18(2)15-20(23)4/h6-8,11,14-16,22H,9-10,12-13H2,1-5H3,(H,28,29,32). The predicted molar refractivity (Wildman–Crippen MR) is 140 cm³/mol. The molecule has 1 aromatic carbocycles. The van der Waals surface area contributed by atoms with E-state index in [-0.39, 0.29) is 35.6 Å². The Hall–Kier alpha value is -3.30. The van der Waals surface area contributed by atoms with Crippen molar-refractivity contribution in [1.82, 2.24) is 14.4 Å². The topological polar surface area (TPSA) is 105 Å². The zero-order valence-corrected chi connectivity index (χ0v) is 22.1. The minimum atomic E-state index is -3.84. The molecule has 0 atom stereocenters. The molecule has 1 fully saturated rings. The molecule has 0 bridgehead atoms. The van der Waals surface area contributed by atoms with Crippen LogP contribution >= 0.6 is 0 Å². The lowest BCUT2D eigenvalue weighted by Gasteiger charge is -2.30. The quantitative estimate of drug-likeness (QED) is 0.512. The maximum absolute atomic E-state index is 13.6. The highest BCUT2D eigenvalue weighted by Gasteiger charge is 2.36. The van der Waals surface area contributed by atoms with Gasteiger partial charge in [-0.2, -0.15) is 4.31 Å². The number of amides is 1. The van der Waals surface area contributed by atoms with E-state index in [1.165, 1.54) is 9.87 Å². The molecule has 1 aliphatic heterocycles. The number of aryl methyl sites for hydroxylation is 5. The van der Waals surface area contributed by atoms with E-state index in [4.69, 9.17) is 4.52 Å². The first-order valence-electron chi connectivity index (χ1n) is 12.0. The normalized spacial score (nSPS) is 15.5. The SMILES string of the molecule is Cc1ccnc(NC(=O)C2CCN(S(=O)(=O)c3c(C)noc3C=Cc3c(C)cc(C)cc3C)CC2)c1. The third kappa shape index (κ3) is 5.42. The second-order valence-electron chi connectivity index (χ2n) is 9.49. The molecule has 0 spiro atoms. The number of carbonyl (C=O) groups is 1. The number of aromatic nitrogens is 2. The number of sulfonamides is 1. The van der Waals surface area contributed by atoms with Crippen molar-refractivity contribution in [2.45, 2.75) is 52.4 Å². The van der Waals surface area contributed by atoms with Gasteiger partial charge < -0.3 is 9.84 Å². The van der Waals surface area contributed by atoms with Crippen molar-refractivity contribution in [2.75, 3.05) is 18.4 Å². The van der Waals surface area contributed by atoms with Gasteiger partial charge in [0.1, 0.15) is 11.5 Å². The zero-order chi connectivity index (χ0) is 26.0. The molecule has 1 aliphatic rings. The Balaban J connectivity index is 1.48. The van der Waals surface area contributed by atoms with Gasteiger partial charge in [0.25, 0.3) is 0 Å². The van der Waals surface area contributed by atoms with Crippen LogP contribution in [0.5, 0.6) is 0 Å². The summed E-state index contributed by atoms with van der Waals surface area (Å²) in [7, 11) is -3.84. The van der Waals surface area contributed by atoms with E-state index < -0.39 is 10.0 Å². The van der Waals surface area contributed by atoms with Crippen LogP contribution in [-0.4, -0.2) is 41.9 Å². The van der Waals surface area contributed by atoms with Crippen molar-refractivity contribution < 1.29 is 17.7 Å². The number of nitrogens with one attached hydrogen (secondary N) is 1. The lowest BCUT2D eigenvalue weighted by atomic mass is 9.97. The summed E-state index contributed by atoms with van der Waals surface area (Å²) >= 11 is 0. The van der Waals surface area contributed by atoms with Crippen LogP contribution < -0.4 is 5.32 Å². The van der Waals surface area contributed by atoms with Gasteiger partial charge in [0.15, 0.2) is 10.7 Å². The van der Waals surface area contributed by atoms with Crippen LogP contribution in [0.3, 0.4) is 0 Å². The number of hydrogen-bond acceptors (Lipinski definition) is 6. The van der Waals surface area contributed by atoms with Gasteiger partial charge >= 0.3 is 0 Å². The van der Waals surface area contributed by atoms with Gasteiger partial charge in [-0.25, -0.2) is 13.4 Å². The number of carbonyl (C=O) groups excluding carboxylic acids is 1. The summed E-state index contributed by atoms with van der Waals surface area (Å²) in [6.45, 7) is 10.1. The molecule has 3 aromatic rings. The Kier molecular flexibility index (Phi) is 7.42. The molecule has 1 amide bonds. The molecule has 1 N–H and O–H groups in total. The van der Waals surface area contributed by atoms with Gasteiger partial charge in [-0.05, 0) is 87.9 Å². The molecule has 36 heavy (non-hydrogen) atoms. The Bertz CT molecular complexity index is 1390. The first-order chi connectivity index (χ1) is 17.1. The number of pyridine rings is 1.